The van der Waals surface area contributed by atoms with Crippen LogP contribution in [0, 0.1) is 0 Å². The summed E-state index contributed by atoms with van der Waals surface area (Å²) in [5.74, 6) is -0.00272. The fourth-order valence-electron chi connectivity index (χ4n) is 2.46. The van der Waals surface area contributed by atoms with Gasteiger partial charge in [-0.3, -0.25) is 4.79 Å². The van der Waals surface area contributed by atoms with Gasteiger partial charge in [-0.05, 0) is 12.1 Å². The van der Waals surface area contributed by atoms with E-state index in [4.69, 9.17) is 9.15 Å². The summed E-state index contributed by atoms with van der Waals surface area (Å²) in [6.45, 7) is 1.47. The number of benzene rings is 1. The van der Waals surface area contributed by atoms with Crippen LogP contribution in [-0.2, 0) is 26.1 Å². The number of sulfonamides is 1. The van der Waals surface area contributed by atoms with E-state index in [0.717, 1.165) is 5.56 Å². The molecule has 140 valence electrons. The van der Waals surface area contributed by atoms with E-state index >= 15 is 0 Å². The van der Waals surface area contributed by atoms with Crippen LogP contribution in [-0.4, -0.2) is 60.9 Å². The molecule has 0 atom stereocenters. The average Bonchev–Trinajstić information content (AvgIpc) is 3.15. The van der Waals surface area contributed by atoms with Gasteiger partial charge in [0.05, 0.1) is 25.5 Å². The van der Waals surface area contributed by atoms with Gasteiger partial charge >= 0.3 is 0 Å². The molecule has 3 rings (SSSR count). The van der Waals surface area contributed by atoms with Crippen molar-refractivity contribution in [3.63, 3.8) is 0 Å². The Hall–Kier alpha value is -2.30. The van der Waals surface area contributed by atoms with Gasteiger partial charge < -0.3 is 14.5 Å². The molecule has 26 heavy (non-hydrogen) atoms. The summed E-state index contributed by atoms with van der Waals surface area (Å²) in [6.07, 6.45) is -0.126. The molecule has 1 aliphatic heterocycles. The lowest BCUT2D eigenvalue weighted by atomic mass is 10.2. The van der Waals surface area contributed by atoms with Gasteiger partial charge in [0.25, 0.3) is 0 Å². The second-order valence-electron chi connectivity index (χ2n) is 5.72. The summed E-state index contributed by atoms with van der Waals surface area (Å²) in [5.41, 5.74) is 0.786. The quantitative estimate of drug-likeness (QED) is 0.739. The molecule has 1 amide bonds. The molecule has 2 heterocycles. The van der Waals surface area contributed by atoms with Crippen LogP contribution in [0.1, 0.15) is 12.3 Å². The molecule has 0 unspecified atom stereocenters. The van der Waals surface area contributed by atoms with E-state index in [1.54, 1.807) is 0 Å². The maximum Gasteiger partial charge on any atom is 0.247 e. The molecule has 0 spiro atoms. The third-order valence-corrected chi connectivity index (χ3v) is 5.75. The lowest BCUT2D eigenvalue weighted by Crippen LogP contribution is -2.42. The number of carbonyl (C=O) groups is 1. The van der Waals surface area contributed by atoms with Gasteiger partial charge in [0.15, 0.2) is 0 Å². The Labute approximate surface area is 151 Å². The zero-order chi connectivity index (χ0) is 18.4. The molecule has 0 saturated carbocycles. The van der Waals surface area contributed by atoms with Crippen LogP contribution < -0.4 is 5.32 Å². The molecule has 1 aliphatic rings. The van der Waals surface area contributed by atoms with Gasteiger partial charge in [-0.15, -0.1) is 10.2 Å². The summed E-state index contributed by atoms with van der Waals surface area (Å²) in [5, 5.41) is 10.4. The van der Waals surface area contributed by atoms with Crippen LogP contribution >= 0.6 is 0 Å². The van der Waals surface area contributed by atoms with Crippen molar-refractivity contribution < 1.29 is 22.4 Å². The Bertz CT molecular complexity index is 831. The SMILES string of the molecule is O=C(CCS(=O)(=O)N1CCOCC1)NCc1nnc(-c2ccccc2)o1. The van der Waals surface area contributed by atoms with E-state index in [2.05, 4.69) is 15.5 Å². The summed E-state index contributed by atoms with van der Waals surface area (Å²) in [7, 11) is -3.45. The van der Waals surface area contributed by atoms with Crippen molar-refractivity contribution in [3.8, 4) is 11.5 Å². The van der Waals surface area contributed by atoms with E-state index < -0.39 is 10.0 Å². The Kier molecular flexibility index (Phi) is 5.96. The molecule has 1 saturated heterocycles. The number of hydrogen-bond donors (Lipinski definition) is 1. The minimum absolute atomic E-state index is 0.0519. The minimum atomic E-state index is -3.45. The Morgan fingerprint density at radius 3 is 2.62 bits per heavy atom. The van der Waals surface area contributed by atoms with Gasteiger partial charge in [-0.1, -0.05) is 18.2 Å². The van der Waals surface area contributed by atoms with Gasteiger partial charge in [-0.25, -0.2) is 8.42 Å². The maximum atomic E-state index is 12.2. The highest BCUT2D eigenvalue weighted by atomic mass is 32.2. The summed E-state index contributed by atoms with van der Waals surface area (Å²) in [6, 6.07) is 9.27. The molecule has 1 fully saturated rings. The van der Waals surface area contributed by atoms with Gasteiger partial charge in [0, 0.05) is 25.1 Å². The zero-order valence-electron chi connectivity index (χ0n) is 14.1. The molecule has 0 radical (unpaired) electrons. The number of carbonyl (C=O) groups excluding carboxylic acids is 1. The number of aromatic nitrogens is 2. The number of nitrogens with one attached hydrogen (secondary N) is 1. The molecule has 1 N–H and O–H groups in total. The van der Waals surface area contributed by atoms with Crippen LogP contribution in [0.15, 0.2) is 34.7 Å². The molecule has 9 nitrogen and oxygen atoms in total. The van der Waals surface area contributed by atoms with Crippen molar-refractivity contribution >= 4 is 15.9 Å². The summed E-state index contributed by atoms with van der Waals surface area (Å²) < 4.78 is 36.3. The predicted octanol–water partition coefficient (Wildman–Crippen LogP) is 0.405. The fraction of sp³-hybridized carbons (Fsp3) is 0.438. The first-order chi connectivity index (χ1) is 12.5. The van der Waals surface area contributed by atoms with Crippen LogP contribution in [0.5, 0.6) is 0 Å². The largest absolute Gasteiger partial charge is 0.419 e. The number of morpholine rings is 1. The van der Waals surface area contributed by atoms with E-state index in [1.807, 2.05) is 30.3 Å². The van der Waals surface area contributed by atoms with Gasteiger partial charge in [0.2, 0.25) is 27.7 Å². The number of amides is 1. The fourth-order valence-corrected chi connectivity index (χ4v) is 3.87. The van der Waals surface area contributed by atoms with Crippen LogP contribution in [0.3, 0.4) is 0 Å². The molecule has 0 bridgehead atoms. The number of rotatable bonds is 7. The van der Waals surface area contributed by atoms with E-state index in [1.165, 1.54) is 4.31 Å². The topological polar surface area (TPSA) is 115 Å². The molecule has 2 aromatic rings. The Balaban J connectivity index is 1.46. The van der Waals surface area contributed by atoms with Crippen LogP contribution in [0.4, 0.5) is 0 Å². The molecule has 0 aliphatic carbocycles. The third kappa shape index (κ3) is 4.87. The van der Waals surface area contributed by atoms with Gasteiger partial charge in [-0.2, -0.15) is 4.31 Å². The second kappa shape index (κ2) is 8.39. The molecular weight excluding hydrogens is 360 g/mol. The number of ether oxygens (including phenoxy) is 1. The average molecular weight is 380 g/mol. The van der Waals surface area contributed by atoms with E-state index in [9.17, 15) is 13.2 Å². The maximum absolute atomic E-state index is 12.2. The number of nitrogens with zero attached hydrogens (tertiary/aromatic N) is 3. The van der Waals surface area contributed by atoms with Crippen molar-refractivity contribution in [2.45, 2.75) is 13.0 Å². The van der Waals surface area contributed by atoms with Crippen LogP contribution in [0.25, 0.3) is 11.5 Å². The van der Waals surface area contributed by atoms with E-state index in [-0.39, 0.29) is 30.5 Å². The highest BCUT2D eigenvalue weighted by molar-refractivity contribution is 7.89. The van der Waals surface area contributed by atoms with Crippen molar-refractivity contribution in [1.82, 2.24) is 19.8 Å². The van der Waals surface area contributed by atoms with Crippen molar-refractivity contribution in [2.75, 3.05) is 32.1 Å². The van der Waals surface area contributed by atoms with Crippen molar-refractivity contribution in [1.29, 1.82) is 0 Å². The summed E-state index contributed by atoms with van der Waals surface area (Å²) in [4.78, 5) is 11.9. The lowest BCUT2D eigenvalue weighted by molar-refractivity contribution is -0.121. The van der Waals surface area contributed by atoms with Crippen molar-refractivity contribution in [2.24, 2.45) is 0 Å². The van der Waals surface area contributed by atoms with Crippen LogP contribution in [0.2, 0.25) is 0 Å². The highest BCUT2D eigenvalue weighted by Gasteiger charge is 2.24. The normalized spacial score (nSPS) is 15.7. The number of hydrogen-bond acceptors (Lipinski definition) is 7. The molecular formula is C16H20N4O5S. The Morgan fingerprint density at radius 2 is 1.88 bits per heavy atom. The highest BCUT2D eigenvalue weighted by Crippen LogP contribution is 2.16. The molecule has 1 aromatic heterocycles. The lowest BCUT2D eigenvalue weighted by Gasteiger charge is -2.25. The van der Waals surface area contributed by atoms with Crippen molar-refractivity contribution in [3.05, 3.63) is 36.2 Å². The third-order valence-electron chi connectivity index (χ3n) is 3.87. The first kappa shape index (κ1) is 18.5. The predicted molar refractivity (Wildman–Crippen MR) is 92.4 cm³/mol. The zero-order valence-corrected chi connectivity index (χ0v) is 14.9. The summed E-state index contributed by atoms with van der Waals surface area (Å²) >= 11 is 0. The Morgan fingerprint density at radius 1 is 1.15 bits per heavy atom. The molecule has 1 aromatic carbocycles. The van der Waals surface area contributed by atoms with Gasteiger partial charge in [0.1, 0.15) is 0 Å². The van der Waals surface area contributed by atoms with E-state index in [0.29, 0.717) is 32.2 Å². The monoisotopic (exact) mass is 380 g/mol. The first-order valence-corrected chi connectivity index (χ1v) is 9.85. The first-order valence-electron chi connectivity index (χ1n) is 8.25. The minimum Gasteiger partial charge on any atom is -0.419 e. The standard InChI is InChI=1S/C16H20N4O5S/c21-14(6-11-26(22,23)20-7-9-24-10-8-20)17-12-15-18-19-16(25-15)13-4-2-1-3-5-13/h1-5H,6-12H2,(H,17,21). The molecule has 10 heteroatoms. The smallest absolute Gasteiger partial charge is 0.247 e. The second-order valence-corrected chi connectivity index (χ2v) is 7.81.